The summed E-state index contributed by atoms with van der Waals surface area (Å²) >= 11 is 0. The van der Waals surface area contributed by atoms with Gasteiger partial charge in [-0.1, -0.05) is 24.3 Å². The van der Waals surface area contributed by atoms with Gasteiger partial charge in [0.25, 0.3) is 0 Å². The third-order valence-electron chi connectivity index (χ3n) is 7.38. The zero-order valence-electron chi connectivity index (χ0n) is 22.3. The molecule has 6 rings (SSSR count). The van der Waals surface area contributed by atoms with Gasteiger partial charge in [0.05, 0.1) is 52.4 Å². The monoisotopic (exact) mass is 526 g/mol. The van der Waals surface area contributed by atoms with Gasteiger partial charge in [0.2, 0.25) is 0 Å². The number of ether oxygens (including phenoxy) is 8. The van der Waals surface area contributed by atoms with Crippen LogP contribution in [0.15, 0.2) is 48.5 Å². The van der Waals surface area contributed by atoms with E-state index in [0.29, 0.717) is 33.0 Å². The van der Waals surface area contributed by atoms with Crippen LogP contribution in [0.25, 0.3) is 0 Å². The molecule has 0 aromatic heterocycles. The van der Waals surface area contributed by atoms with Gasteiger partial charge < -0.3 is 37.9 Å². The van der Waals surface area contributed by atoms with Crippen molar-refractivity contribution in [3.05, 3.63) is 59.7 Å². The Bertz CT molecular complexity index is 1040. The van der Waals surface area contributed by atoms with Gasteiger partial charge in [0, 0.05) is 5.92 Å². The summed E-state index contributed by atoms with van der Waals surface area (Å²) < 4.78 is 46.0. The van der Waals surface area contributed by atoms with E-state index in [-0.39, 0.29) is 35.4 Å². The molecular weight excluding hydrogens is 488 g/mol. The van der Waals surface area contributed by atoms with E-state index >= 15 is 0 Å². The van der Waals surface area contributed by atoms with E-state index in [0.717, 1.165) is 44.3 Å². The van der Waals surface area contributed by atoms with Gasteiger partial charge in [0.15, 0.2) is 0 Å². The molecule has 38 heavy (non-hydrogen) atoms. The molecule has 4 aliphatic heterocycles. The molecule has 0 amide bonds. The molecular formula is C30H38O8. The molecule has 6 atom stereocenters. The number of hydrogen-bond donors (Lipinski definition) is 0. The highest BCUT2D eigenvalue weighted by molar-refractivity contribution is 5.33. The lowest BCUT2D eigenvalue weighted by molar-refractivity contribution is -0.0523. The lowest BCUT2D eigenvalue weighted by atomic mass is 9.87. The summed E-state index contributed by atoms with van der Waals surface area (Å²) in [6, 6.07) is 16.7. The van der Waals surface area contributed by atoms with Gasteiger partial charge in [0.1, 0.15) is 48.1 Å². The molecule has 206 valence electrons. The minimum absolute atomic E-state index is 0.0673. The maximum absolute atomic E-state index is 6.53. The van der Waals surface area contributed by atoms with E-state index in [1.54, 1.807) is 0 Å². The Hall–Kier alpha value is -2.20. The molecule has 0 saturated carbocycles. The number of rotatable bonds is 17. The zero-order valence-corrected chi connectivity index (χ0v) is 22.3. The predicted octanol–water partition coefficient (Wildman–Crippen LogP) is 3.55. The van der Waals surface area contributed by atoms with Crippen LogP contribution in [0.4, 0.5) is 0 Å². The molecule has 0 radical (unpaired) electrons. The molecule has 0 N–H and O–H groups in total. The van der Waals surface area contributed by atoms with E-state index in [4.69, 9.17) is 37.9 Å². The number of epoxide rings is 4. The van der Waals surface area contributed by atoms with Crippen molar-refractivity contribution in [1.82, 2.24) is 0 Å². The molecule has 0 spiro atoms. The van der Waals surface area contributed by atoms with Crippen LogP contribution in [0.1, 0.15) is 30.9 Å². The number of hydrogen-bond acceptors (Lipinski definition) is 8. The summed E-state index contributed by atoms with van der Waals surface area (Å²) in [6.45, 7) is 9.93. The van der Waals surface area contributed by atoms with Crippen LogP contribution < -0.4 is 9.47 Å². The third kappa shape index (κ3) is 7.68. The second-order valence-electron chi connectivity index (χ2n) is 11.4. The highest BCUT2D eigenvalue weighted by atomic mass is 16.6. The fraction of sp³-hybridized carbons (Fsp3) is 0.600. The minimum atomic E-state index is -0.207. The largest absolute Gasteiger partial charge is 0.491 e. The molecule has 2 aromatic rings. The molecule has 4 saturated heterocycles. The highest BCUT2D eigenvalue weighted by Crippen LogP contribution is 2.33. The average Bonchev–Trinajstić information content (AvgIpc) is 3.73. The van der Waals surface area contributed by atoms with Crippen molar-refractivity contribution < 1.29 is 37.9 Å². The van der Waals surface area contributed by atoms with Gasteiger partial charge in [-0.15, -0.1) is 0 Å². The quantitative estimate of drug-likeness (QED) is 0.289. The van der Waals surface area contributed by atoms with Crippen molar-refractivity contribution in [2.45, 2.75) is 55.7 Å². The Kier molecular flexibility index (Phi) is 7.62. The first-order chi connectivity index (χ1) is 18.5. The normalized spacial score (nSPS) is 30.4. The van der Waals surface area contributed by atoms with Crippen molar-refractivity contribution in [1.29, 1.82) is 0 Å². The molecule has 8 heteroatoms. The van der Waals surface area contributed by atoms with E-state index < -0.39 is 0 Å². The Morgan fingerprint density at radius 1 is 0.789 bits per heavy atom. The van der Waals surface area contributed by atoms with Gasteiger partial charge in [-0.3, -0.25) is 0 Å². The van der Waals surface area contributed by atoms with Gasteiger partial charge in [-0.2, -0.15) is 0 Å². The first kappa shape index (κ1) is 26.0. The Labute approximate surface area is 224 Å². The molecule has 4 heterocycles. The summed E-state index contributed by atoms with van der Waals surface area (Å²) in [4.78, 5) is 0. The molecule has 2 aromatic carbocycles. The lowest BCUT2D eigenvalue weighted by Crippen LogP contribution is -2.33. The van der Waals surface area contributed by atoms with Crippen molar-refractivity contribution in [2.75, 3.05) is 59.5 Å². The lowest BCUT2D eigenvalue weighted by Gasteiger charge is -2.29. The Morgan fingerprint density at radius 3 is 1.84 bits per heavy atom. The van der Waals surface area contributed by atoms with E-state index in [9.17, 15) is 0 Å². The summed E-state index contributed by atoms with van der Waals surface area (Å²) in [6.07, 6.45) is 1.10. The van der Waals surface area contributed by atoms with Crippen molar-refractivity contribution in [3.63, 3.8) is 0 Å². The van der Waals surface area contributed by atoms with Crippen LogP contribution in [-0.2, 0) is 34.8 Å². The smallest absolute Gasteiger partial charge is 0.119 e. The second kappa shape index (κ2) is 11.1. The van der Waals surface area contributed by atoms with E-state index in [1.165, 1.54) is 11.1 Å². The van der Waals surface area contributed by atoms with Gasteiger partial charge >= 0.3 is 0 Å². The molecule has 4 fully saturated rings. The first-order valence-electron chi connectivity index (χ1n) is 13.6. The third-order valence-corrected chi connectivity index (χ3v) is 7.38. The SMILES string of the molecule is CC1(COCC(OCC2(C)CO2)C(Cc2ccc(OCC3CO3)cc2)c2ccc(OCC3CO3)cc2)CO1. The van der Waals surface area contributed by atoms with Crippen molar-refractivity contribution in [2.24, 2.45) is 0 Å². The molecule has 4 aliphatic rings. The fourth-order valence-electron chi connectivity index (χ4n) is 4.33. The average molecular weight is 527 g/mol. The molecule has 0 aliphatic carbocycles. The van der Waals surface area contributed by atoms with Crippen molar-refractivity contribution in [3.8, 4) is 11.5 Å². The van der Waals surface area contributed by atoms with Gasteiger partial charge in [-0.25, -0.2) is 0 Å². The van der Waals surface area contributed by atoms with E-state index in [2.05, 4.69) is 38.1 Å². The van der Waals surface area contributed by atoms with Crippen LogP contribution in [0.2, 0.25) is 0 Å². The highest BCUT2D eigenvalue weighted by Gasteiger charge is 2.42. The number of benzene rings is 2. The predicted molar refractivity (Wildman–Crippen MR) is 139 cm³/mol. The van der Waals surface area contributed by atoms with Crippen LogP contribution in [0.5, 0.6) is 11.5 Å². The standard InChI is InChI=1S/C30H38O8/c1-29(19-37-29)17-31-16-28(36-18-30(2)20-38-30)27(22-5-9-24(10-6-22)33-13-26-15-35-26)11-21-3-7-23(8-4-21)32-12-25-14-34-25/h3-10,25-28H,11-20H2,1-2H3. The summed E-state index contributed by atoms with van der Waals surface area (Å²) in [5.74, 6) is 1.77. The molecule has 6 unspecified atom stereocenters. The summed E-state index contributed by atoms with van der Waals surface area (Å²) in [5.41, 5.74) is 2.00. The second-order valence-corrected chi connectivity index (χ2v) is 11.4. The van der Waals surface area contributed by atoms with Crippen LogP contribution >= 0.6 is 0 Å². The first-order valence-corrected chi connectivity index (χ1v) is 13.6. The minimum Gasteiger partial charge on any atom is -0.491 e. The summed E-state index contributed by atoms with van der Waals surface area (Å²) in [5, 5.41) is 0. The van der Waals surface area contributed by atoms with Crippen LogP contribution in [-0.4, -0.2) is 89.0 Å². The topological polar surface area (TPSA) is 87.0 Å². The summed E-state index contributed by atoms with van der Waals surface area (Å²) in [7, 11) is 0. The van der Waals surface area contributed by atoms with Crippen LogP contribution in [0, 0.1) is 0 Å². The fourth-order valence-corrected chi connectivity index (χ4v) is 4.33. The van der Waals surface area contributed by atoms with Crippen LogP contribution in [0.3, 0.4) is 0 Å². The maximum Gasteiger partial charge on any atom is 0.119 e. The molecule has 8 nitrogen and oxygen atoms in total. The maximum atomic E-state index is 6.53. The Morgan fingerprint density at radius 2 is 1.32 bits per heavy atom. The molecule has 0 bridgehead atoms. The van der Waals surface area contributed by atoms with Gasteiger partial charge in [-0.05, 0) is 55.7 Å². The zero-order chi connectivity index (χ0) is 26.0. The van der Waals surface area contributed by atoms with E-state index in [1.807, 2.05) is 24.3 Å². The van der Waals surface area contributed by atoms with Crippen molar-refractivity contribution >= 4 is 0 Å². The Balaban J connectivity index is 1.17.